The molecular formula is C18H20F3N5O3. The van der Waals surface area contributed by atoms with E-state index in [9.17, 15) is 22.8 Å². The van der Waals surface area contributed by atoms with Crippen LogP contribution in [0.15, 0.2) is 16.7 Å². The average Bonchev–Trinajstić information content (AvgIpc) is 3.22. The van der Waals surface area contributed by atoms with Crippen LogP contribution in [0.2, 0.25) is 0 Å². The van der Waals surface area contributed by atoms with Crippen LogP contribution in [-0.4, -0.2) is 57.9 Å². The molecule has 0 radical (unpaired) electrons. The first-order valence-electron chi connectivity index (χ1n) is 9.46. The fourth-order valence-corrected chi connectivity index (χ4v) is 3.44. The van der Waals surface area contributed by atoms with E-state index in [-0.39, 0.29) is 17.5 Å². The summed E-state index contributed by atoms with van der Waals surface area (Å²) in [5.41, 5.74) is 0.903. The van der Waals surface area contributed by atoms with Gasteiger partial charge in [-0.3, -0.25) is 14.7 Å². The molecule has 2 amide bonds. The van der Waals surface area contributed by atoms with Crippen LogP contribution in [0.5, 0.6) is 0 Å². The largest absolute Gasteiger partial charge is 0.405 e. The number of carbonyl (C=O) groups excluding carboxylic acids is 2. The molecule has 4 rings (SSSR count). The van der Waals surface area contributed by atoms with Crippen molar-refractivity contribution in [1.82, 2.24) is 25.6 Å². The molecule has 11 heteroatoms. The summed E-state index contributed by atoms with van der Waals surface area (Å²) in [4.78, 5) is 26.1. The summed E-state index contributed by atoms with van der Waals surface area (Å²) < 4.78 is 41.9. The maximum Gasteiger partial charge on any atom is 0.405 e. The topological polar surface area (TPSA) is 104 Å². The number of piperidine rings is 1. The fourth-order valence-electron chi connectivity index (χ4n) is 3.44. The van der Waals surface area contributed by atoms with E-state index in [1.165, 1.54) is 6.07 Å². The number of amides is 2. The van der Waals surface area contributed by atoms with Gasteiger partial charge in [0.2, 0.25) is 0 Å². The van der Waals surface area contributed by atoms with Gasteiger partial charge in [0.25, 0.3) is 11.8 Å². The van der Waals surface area contributed by atoms with Crippen molar-refractivity contribution in [1.29, 1.82) is 0 Å². The van der Waals surface area contributed by atoms with E-state index >= 15 is 0 Å². The number of hydrogen-bond donors (Lipinski definition) is 2. The predicted molar refractivity (Wildman–Crippen MR) is 93.3 cm³/mol. The molecule has 8 nitrogen and oxygen atoms in total. The Hall–Kier alpha value is -2.85. The van der Waals surface area contributed by atoms with Crippen LogP contribution in [0, 0.1) is 0 Å². The van der Waals surface area contributed by atoms with Crippen LogP contribution in [0.4, 0.5) is 13.2 Å². The molecule has 2 aromatic rings. The van der Waals surface area contributed by atoms with Gasteiger partial charge in [-0.05, 0) is 31.7 Å². The van der Waals surface area contributed by atoms with Gasteiger partial charge >= 0.3 is 6.18 Å². The lowest BCUT2D eigenvalue weighted by Gasteiger charge is -2.30. The van der Waals surface area contributed by atoms with Crippen LogP contribution in [0.25, 0.3) is 0 Å². The van der Waals surface area contributed by atoms with Gasteiger partial charge in [0.1, 0.15) is 18.0 Å². The molecule has 2 aromatic heterocycles. The molecule has 1 aliphatic heterocycles. The zero-order chi connectivity index (χ0) is 20.6. The van der Waals surface area contributed by atoms with E-state index in [1.54, 1.807) is 16.3 Å². The lowest BCUT2D eigenvalue weighted by molar-refractivity contribution is -0.123. The molecule has 0 aromatic carbocycles. The summed E-state index contributed by atoms with van der Waals surface area (Å²) in [6, 6.07) is 3.18. The van der Waals surface area contributed by atoms with Crippen LogP contribution in [-0.2, 0) is 0 Å². The highest BCUT2D eigenvalue weighted by Gasteiger charge is 2.32. The summed E-state index contributed by atoms with van der Waals surface area (Å²) in [6.45, 7) is -0.396. The Morgan fingerprint density at radius 1 is 1.14 bits per heavy atom. The van der Waals surface area contributed by atoms with Crippen molar-refractivity contribution in [3.05, 3.63) is 35.0 Å². The minimum absolute atomic E-state index is 0.0371. The summed E-state index contributed by atoms with van der Waals surface area (Å²) in [5.74, 6) is 0.135. The molecule has 0 bridgehead atoms. The molecule has 2 aliphatic rings. The number of nitrogens with zero attached hydrogens (tertiary/aromatic N) is 3. The third-order valence-electron chi connectivity index (χ3n) is 5.23. The molecule has 1 saturated heterocycles. The number of aromatic nitrogens is 3. The lowest BCUT2D eigenvalue weighted by atomic mass is 9.93. The third-order valence-corrected chi connectivity index (χ3v) is 5.23. The number of alkyl halides is 3. The first-order chi connectivity index (χ1) is 13.8. The number of H-pyrrole nitrogens is 1. The number of halogens is 3. The Morgan fingerprint density at radius 2 is 1.86 bits per heavy atom. The Bertz CT molecular complexity index is 895. The molecule has 2 N–H and O–H groups in total. The predicted octanol–water partition coefficient (Wildman–Crippen LogP) is 2.59. The van der Waals surface area contributed by atoms with Gasteiger partial charge in [0, 0.05) is 36.7 Å². The van der Waals surface area contributed by atoms with Crippen molar-refractivity contribution in [2.75, 3.05) is 19.6 Å². The molecule has 0 spiro atoms. The molecule has 156 valence electrons. The van der Waals surface area contributed by atoms with Crippen molar-refractivity contribution in [2.45, 2.75) is 43.7 Å². The SMILES string of the molecule is O=C(NCC(F)(F)F)c1cc(C2CCN(C(=O)c3cc(C4CC4)on3)CC2)[nH]n1. The maximum atomic E-state index is 12.6. The van der Waals surface area contributed by atoms with E-state index in [0.29, 0.717) is 43.2 Å². The number of nitrogens with one attached hydrogen (secondary N) is 2. The molecule has 1 saturated carbocycles. The number of aromatic amines is 1. The standard InChI is InChI=1S/C18H20F3N5O3/c19-18(20,21)9-22-16(27)13-7-12(23-24-13)10-3-5-26(6-4-10)17(28)14-8-15(29-25-14)11-1-2-11/h7-8,10-11H,1-6,9H2,(H,22,27)(H,23,24). The van der Waals surface area contributed by atoms with Gasteiger partial charge in [-0.25, -0.2) is 0 Å². The third kappa shape index (κ3) is 4.60. The highest BCUT2D eigenvalue weighted by atomic mass is 19.4. The van der Waals surface area contributed by atoms with Gasteiger partial charge in [-0.2, -0.15) is 18.3 Å². The lowest BCUT2D eigenvalue weighted by Crippen LogP contribution is -2.38. The number of hydrogen-bond acceptors (Lipinski definition) is 5. The second-order valence-electron chi connectivity index (χ2n) is 7.46. The van der Waals surface area contributed by atoms with Gasteiger partial charge in [-0.1, -0.05) is 5.16 Å². The minimum Gasteiger partial charge on any atom is -0.360 e. The second-order valence-corrected chi connectivity index (χ2v) is 7.46. The molecule has 29 heavy (non-hydrogen) atoms. The number of likely N-dealkylation sites (tertiary alicyclic amines) is 1. The van der Waals surface area contributed by atoms with Gasteiger partial charge in [0.15, 0.2) is 5.69 Å². The fraction of sp³-hybridized carbons (Fsp3) is 0.556. The average molecular weight is 411 g/mol. The maximum absolute atomic E-state index is 12.6. The molecule has 1 aliphatic carbocycles. The first kappa shape index (κ1) is 19.5. The van der Waals surface area contributed by atoms with Crippen molar-refractivity contribution in [2.24, 2.45) is 0 Å². The zero-order valence-electron chi connectivity index (χ0n) is 15.5. The Morgan fingerprint density at radius 3 is 2.52 bits per heavy atom. The van der Waals surface area contributed by atoms with Crippen LogP contribution >= 0.6 is 0 Å². The smallest absolute Gasteiger partial charge is 0.360 e. The summed E-state index contributed by atoms with van der Waals surface area (Å²) in [6.07, 6.45) is -1.06. The monoisotopic (exact) mass is 411 g/mol. The van der Waals surface area contributed by atoms with Gasteiger partial charge in [-0.15, -0.1) is 0 Å². The van der Waals surface area contributed by atoms with E-state index in [0.717, 1.165) is 18.6 Å². The summed E-state index contributed by atoms with van der Waals surface area (Å²) >= 11 is 0. The van der Waals surface area contributed by atoms with Crippen molar-refractivity contribution >= 4 is 11.8 Å². The number of rotatable bonds is 5. The van der Waals surface area contributed by atoms with E-state index in [1.807, 2.05) is 0 Å². The Labute approximate surface area is 163 Å². The number of carbonyl (C=O) groups is 2. The molecule has 0 unspecified atom stereocenters. The highest BCUT2D eigenvalue weighted by Crippen LogP contribution is 2.40. The van der Waals surface area contributed by atoms with Crippen molar-refractivity contribution in [3.63, 3.8) is 0 Å². The molecule has 2 fully saturated rings. The second kappa shape index (κ2) is 7.53. The first-order valence-corrected chi connectivity index (χ1v) is 9.46. The zero-order valence-corrected chi connectivity index (χ0v) is 15.5. The van der Waals surface area contributed by atoms with Crippen LogP contribution in [0.3, 0.4) is 0 Å². The molecular weight excluding hydrogens is 391 g/mol. The minimum atomic E-state index is -4.47. The quantitative estimate of drug-likeness (QED) is 0.787. The Kier molecular flexibility index (Phi) is 5.05. The Balaban J connectivity index is 1.30. The van der Waals surface area contributed by atoms with Crippen LogP contribution in [0.1, 0.15) is 70.0 Å². The molecule has 0 atom stereocenters. The summed E-state index contributed by atoms with van der Waals surface area (Å²) in [7, 11) is 0. The van der Waals surface area contributed by atoms with Crippen molar-refractivity contribution < 1.29 is 27.3 Å². The van der Waals surface area contributed by atoms with Gasteiger partial charge < -0.3 is 14.7 Å². The van der Waals surface area contributed by atoms with Gasteiger partial charge in [0.05, 0.1) is 0 Å². The molecule has 3 heterocycles. The van der Waals surface area contributed by atoms with E-state index < -0.39 is 18.6 Å². The summed E-state index contributed by atoms with van der Waals surface area (Å²) in [5, 5.41) is 12.2. The van der Waals surface area contributed by atoms with E-state index in [2.05, 4.69) is 15.4 Å². The van der Waals surface area contributed by atoms with Crippen LogP contribution < -0.4 is 5.32 Å². The van der Waals surface area contributed by atoms with E-state index in [4.69, 9.17) is 4.52 Å². The normalized spacial score (nSPS) is 18.1. The highest BCUT2D eigenvalue weighted by molar-refractivity contribution is 5.93. The van der Waals surface area contributed by atoms with Crippen molar-refractivity contribution in [3.8, 4) is 0 Å².